The van der Waals surface area contributed by atoms with Crippen molar-refractivity contribution in [1.29, 1.82) is 0 Å². The molecule has 1 aromatic rings. The summed E-state index contributed by atoms with van der Waals surface area (Å²) < 4.78 is 38.1. The zero-order valence-corrected chi connectivity index (χ0v) is 17.7. The first-order valence-electron chi connectivity index (χ1n) is 8.74. The second-order valence-corrected chi connectivity index (χ2v) is 9.34. The number of ether oxygens (including phenoxy) is 2. The van der Waals surface area contributed by atoms with Gasteiger partial charge in [-0.2, -0.15) is 0 Å². The van der Waals surface area contributed by atoms with Gasteiger partial charge in [-0.3, -0.25) is 13.9 Å². The summed E-state index contributed by atoms with van der Waals surface area (Å²) in [6.45, 7) is 8.40. The fourth-order valence-electron chi connectivity index (χ4n) is 3.02. The Morgan fingerprint density at radius 2 is 1.79 bits per heavy atom. The lowest BCUT2D eigenvalue weighted by molar-refractivity contribution is -0.157. The molecule has 8 nitrogen and oxygen atoms in total. The van der Waals surface area contributed by atoms with Crippen molar-refractivity contribution in [3.8, 4) is 5.75 Å². The van der Waals surface area contributed by atoms with Gasteiger partial charge in [0.15, 0.2) is 0 Å². The summed E-state index contributed by atoms with van der Waals surface area (Å²) in [6, 6.07) is 1.97. The Balaban J connectivity index is 2.45. The van der Waals surface area contributed by atoms with Crippen molar-refractivity contribution < 1.29 is 27.5 Å². The molecule has 9 heteroatoms. The number of rotatable bonds is 5. The lowest BCUT2D eigenvalue weighted by atomic mass is 10.1. The highest BCUT2D eigenvalue weighted by Crippen LogP contribution is 2.31. The van der Waals surface area contributed by atoms with Crippen LogP contribution in [0.5, 0.6) is 5.75 Å². The van der Waals surface area contributed by atoms with Gasteiger partial charge in [-0.1, -0.05) is 0 Å². The third-order valence-corrected chi connectivity index (χ3v) is 6.13. The van der Waals surface area contributed by atoms with Crippen molar-refractivity contribution in [3.63, 3.8) is 0 Å². The number of benzene rings is 1. The minimum atomic E-state index is -4.10. The molecule has 1 atom stereocenters. The summed E-state index contributed by atoms with van der Waals surface area (Å²) in [7, 11) is -2.60. The summed E-state index contributed by atoms with van der Waals surface area (Å²) in [5, 5.41) is 2.45. The number of carbonyl (C=O) groups excluding carboxylic acids is 2. The highest BCUT2D eigenvalue weighted by atomic mass is 32.2. The van der Waals surface area contributed by atoms with Crippen molar-refractivity contribution in [2.45, 2.75) is 57.6 Å². The molecule has 0 fully saturated rings. The molecule has 1 aliphatic rings. The smallest absolute Gasteiger partial charge is 0.308 e. The standard InChI is InChI=1S/C19H26N2O6S/c1-12-9-14(26-6)10-13(2)17(12)28(24,25)21-8-7-20-18(23)15(21)11-16(22)27-19(3,4)5/h7-10,15H,11H2,1-6H3,(H,20,23)/t15-/m0/s1. The monoisotopic (exact) mass is 410 g/mol. The molecular weight excluding hydrogens is 384 g/mol. The van der Waals surface area contributed by atoms with Crippen LogP contribution in [0, 0.1) is 13.8 Å². The third kappa shape index (κ3) is 4.64. The summed E-state index contributed by atoms with van der Waals surface area (Å²) in [5.41, 5.74) is 0.213. The van der Waals surface area contributed by atoms with Crippen LogP contribution in [0.3, 0.4) is 0 Å². The Hall–Kier alpha value is -2.55. The van der Waals surface area contributed by atoms with Crippen LogP contribution in [0.25, 0.3) is 0 Å². The zero-order chi connectivity index (χ0) is 21.3. The van der Waals surface area contributed by atoms with Crippen LogP contribution in [0.1, 0.15) is 38.3 Å². The molecule has 28 heavy (non-hydrogen) atoms. The van der Waals surface area contributed by atoms with Crippen molar-refractivity contribution >= 4 is 21.9 Å². The van der Waals surface area contributed by atoms with E-state index in [-0.39, 0.29) is 4.90 Å². The first kappa shape index (κ1) is 21.7. The van der Waals surface area contributed by atoms with Gasteiger partial charge in [-0.25, -0.2) is 8.42 Å². The van der Waals surface area contributed by atoms with Crippen molar-refractivity contribution in [3.05, 3.63) is 35.7 Å². The summed E-state index contributed by atoms with van der Waals surface area (Å²) in [6.07, 6.45) is 2.08. The van der Waals surface area contributed by atoms with E-state index in [2.05, 4.69) is 5.32 Å². The van der Waals surface area contributed by atoms with Crippen molar-refractivity contribution in [2.75, 3.05) is 7.11 Å². The number of amides is 1. The number of methoxy groups -OCH3 is 1. The molecule has 0 aliphatic carbocycles. The van der Waals surface area contributed by atoms with Gasteiger partial charge in [0, 0.05) is 12.4 Å². The van der Waals surface area contributed by atoms with E-state index in [4.69, 9.17) is 9.47 Å². The summed E-state index contributed by atoms with van der Waals surface area (Å²) >= 11 is 0. The second kappa shape index (κ2) is 7.83. The average molecular weight is 410 g/mol. The maximum atomic E-state index is 13.4. The number of esters is 1. The van der Waals surface area contributed by atoms with E-state index < -0.39 is 40.0 Å². The van der Waals surface area contributed by atoms with E-state index in [0.717, 1.165) is 4.31 Å². The van der Waals surface area contributed by atoms with E-state index in [1.165, 1.54) is 19.5 Å². The molecule has 1 amide bonds. The van der Waals surface area contributed by atoms with Gasteiger partial charge in [0.25, 0.3) is 10.0 Å². The molecule has 0 radical (unpaired) electrons. The maximum Gasteiger partial charge on any atom is 0.308 e. The van der Waals surface area contributed by atoms with Gasteiger partial charge in [-0.15, -0.1) is 0 Å². The number of carbonyl (C=O) groups is 2. The quantitative estimate of drug-likeness (QED) is 0.745. The SMILES string of the molecule is COc1cc(C)c(S(=O)(=O)N2C=CNC(=O)[C@@H]2CC(=O)OC(C)(C)C)c(C)c1. The van der Waals surface area contributed by atoms with E-state index in [9.17, 15) is 18.0 Å². The van der Waals surface area contributed by atoms with Crippen molar-refractivity contribution in [1.82, 2.24) is 9.62 Å². The molecule has 0 aromatic heterocycles. The second-order valence-electron chi connectivity index (χ2n) is 7.56. The molecule has 0 bridgehead atoms. The van der Waals surface area contributed by atoms with Crippen LogP contribution in [0.15, 0.2) is 29.4 Å². The average Bonchev–Trinajstić information content (AvgIpc) is 2.53. The number of nitrogens with one attached hydrogen (secondary N) is 1. The Bertz CT molecular complexity index is 892. The van der Waals surface area contributed by atoms with Gasteiger partial charge in [0.1, 0.15) is 17.4 Å². The lowest BCUT2D eigenvalue weighted by Gasteiger charge is -2.32. The highest BCUT2D eigenvalue weighted by molar-refractivity contribution is 7.89. The molecule has 1 aliphatic heterocycles. The fraction of sp³-hybridized carbons (Fsp3) is 0.474. The number of sulfonamides is 1. The van der Waals surface area contributed by atoms with E-state index >= 15 is 0 Å². The molecule has 1 aromatic carbocycles. The Kier molecular flexibility index (Phi) is 6.08. The first-order chi connectivity index (χ1) is 12.9. The summed E-state index contributed by atoms with van der Waals surface area (Å²) in [4.78, 5) is 24.7. The van der Waals surface area contributed by atoms with Crippen molar-refractivity contribution in [2.24, 2.45) is 0 Å². The minimum absolute atomic E-state index is 0.0711. The molecular formula is C19H26N2O6S. The Morgan fingerprint density at radius 1 is 1.21 bits per heavy atom. The highest BCUT2D eigenvalue weighted by Gasteiger charge is 2.39. The maximum absolute atomic E-state index is 13.4. The molecule has 0 unspecified atom stereocenters. The Morgan fingerprint density at radius 3 is 2.29 bits per heavy atom. The van der Waals surface area contributed by atoms with Gasteiger partial charge in [0.2, 0.25) is 5.91 Å². The van der Waals surface area contributed by atoms with Crippen LogP contribution >= 0.6 is 0 Å². The molecule has 0 saturated carbocycles. The topological polar surface area (TPSA) is 102 Å². The predicted octanol–water partition coefficient (Wildman–Crippen LogP) is 2.00. The fourth-order valence-corrected chi connectivity index (χ4v) is 4.89. The molecule has 1 N–H and O–H groups in total. The minimum Gasteiger partial charge on any atom is -0.497 e. The molecule has 2 rings (SSSR count). The third-order valence-electron chi connectivity index (χ3n) is 4.04. The molecule has 154 valence electrons. The first-order valence-corrected chi connectivity index (χ1v) is 10.2. The van der Waals surface area contributed by atoms with Crippen LogP contribution < -0.4 is 10.1 Å². The normalized spacial score (nSPS) is 17.3. The van der Waals surface area contributed by atoms with Crippen LogP contribution in [0.2, 0.25) is 0 Å². The van der Waals surface area contributed by atoms with Gasteiger partial charge >= 0.3 is 5.97 Å². The number of nitrogens with zero attached hydrogens (tertiary/aromatic N) is 1. The number of hydrogen-bond acceptors (Lipinski definition) is 6. The number of aryl methyl sites for hydroxylation is 2. The van der Waals surface area contributed by atoms with E-state index in [0.29, 0.717) is 16.9 Å². The van der Waals surface area contributed by atoms with Crippen LogP contribution in [-0.2, 0) is 24.3 Å². The van der Waals surface area contributed by atoms with Crippen LogP contribution in [-0.4, -0.2) is 43.4 Å². The van der Waals surface area contributed by atoms with E-state index in [1.54, 1.807) is 46.8 Å². The lowest BCUT2D eigenvalue weighted by Crippen LogP contribution is -2.50. The largest absolute Gasteiger partial charge is 0.497 e. The van der Waals surface area contributed by atoms with Crippen LogP contribution in [0.4, 0.5) is 0 Å². The predicted molar refractivity (Wildman–Crippen MR) is 103 cm³/mol. The van der Waals surface area contributed by atoms with Gasteiger partial charge in [0.05, 0.1) is 18.4 Å². The zero-order valence-electron chi connectivity index (χ0n) is 16.9. The van der Waals surface area contributed by atoms with Gasteiger partial charge in [-0.05, 0) is 57.9 Å². The molecule has 0 saturated heterocycles. The Labute approximate surface area is 165 Å². The van der Waals surface area contributed by atoms with E-state index in [1.807, 2.05) is 0 Å². The summed E-state index contributed by atoms with van der Waals surface area (Å²) in [5.74, 6) is -0.724. The number of hydrogen-bond donors (Lipinski definition) is 1. The van der Waals surface area contributed by atoms with Gasteiger partial charge < -0.3 is 14.8 Å². The molecule has 1 heterocycles. The molecule has 0 spiro atoms.